The van der Waals surface area contributed by atoms with Gasteiger partial charge in [-0.2, -0.15) is 0 Å². The minimum absolute atomic E-state index is 0.171. The summed E-state index contributed by atoms with van der Waals surface area (Å²) in [6.45, 7) is 0. The number of benzene rings is 1. The van der Waals surface area contributed by atoms with E-state index in [0.29, 0.717) is 12.8 Å². The van der Waals surface area contributed by atoms with Gasteiger partial charge in [-0.1, -0.05) is 18.6 Å². The quantitative estimate of drug-likeness (QED) is 0.926. The number of rotatable bonds is 4. The van der Waals surface area contributed by atoms with Crippen LogP contribution in [0.3, 0.4) is 0 Å². The first-order valence-corrected chi connectivity index (χ1v) is 8.49. The fraction of sp³-hybridized carbons (Fsp3) is 0.571. The lowest BCUT2D eigenvalue weighted by atomic mass is 9.99. The summed E-state index contributed by atoms with van der Waals surface area (Å²) >= 11 is 0. The molecule has 2 unspecified atom stereocenters. The molecule has 20 heavy (non-hydrogen) atoms. The highest BCUT2D eigenvalue weighted by molar-refractivity contribution is 7.92. The van der Waals surface area contributed by atoms with Crippen molar-refractivity contribution in [2.75, 3.05) is 12.8 Å². The van der Waals surface area contributed by atoms with Crippen LogP contribution in [0.5, 0.6) is 0 Å². The minimum atomic E-state index is -3.16. The molecule has 2 rings (SSSR count). The molecule has 0 bridgehead atoms. The lowest BCUT2D eigenvalue weighted by Gasteiger charge is -2.30. The second-order valence-corrected chi connectivity index (χ2v) is 7.55. The summed E-state index contributed by atoms with van der Waals surface area (Å²) in [5, 5.41) is 2.43. The number of hydrogen-bond donors (Lipinski definition) is 1. The van der Waals surface area contributed by atoms with Crippen LogP contribution in [0.4, 0.5) is 8.78 Å². The van der Waals surface area contributed by atoms with Gasteiger partial charge in [-0.05, 0) is 37.9 Å². The minimum Gasteiger partial charge on any atom is -0.315 e. The number of hydrogen-bond acceptors (Lipinski definition) is 3. The van der Waals surface area contributed by atoms with Gasteiger partial charge in [-0.3, -0.25) is 0 Å². The van der Waals surface area contributed by atoms with E-state index in [4.69, 9.17) is 0 Å². The van der Waals surface area contributed by atoms with Crippen molar-refractivity contribution in [1.29, 1.82) is 0 Å². The van der Waals surface area contributed by atoms with E-state index in [1.165, 1.54) is 12.1 Å². The highest BCUT2D eigenvalue weighted by Gasteiger charge is 2.35. The van der Waals surface area contributed by atoms with E-state index >= 15 is 0 Å². The Bertz CT molecular complexity index is 575. The Morgan fingerprint density at radius 1 is 1.35 bits per heavy atom. The summed E-state index contributed by atoms with van der Waals surface area (Å²) in [5.41, 5.74) is 0.213. The standard InChI is InChI=1S/C14H19F2NO2S/c1-17-12(13-7-2-3-8-20(13,18)19)9-10-5-4-6-11(15)14(10)16/h4-6,12-13,17H,2-3,7-9H2,1H3. The van der Waals surface area contributed by atoms with Gasteiger partial charge in [0.15, 0.2) is 21.5 Å². The van der Waals surface area contributed by atoms with Gasteiger partial charge in [-0.25, -0.2) is 17.2 Å². The highest BCUT2D eigenvalue weighted by Crippen LogP contribution is 2.25. The zero-order valence-electron chi connectivity index (χ0n) is 11.4. The first kappa shape index (κ1) is 15.4. The van der Waals surface area contributed by atoms with Gasteiger partial charge in [0.25, 0.3) is 0 Å². The lowest BCUT2D eigenvalue weighted by molar-refractivity contribution is 0.442. The van der Waals surface area contributed by atoms with Gasteiger partial charge in [0.1, 0.15) is 0 Å². The Balaban J connectivity index is 2.22. The van der Waals surface area contributed by atoms with Crippen LogP contribution in [0.1, 0.15) is 24.8 Å². The molecule has 1 fully saturated rings. The molecule has 3 nitrogen and oxygen atoms in total. The lowest BCUT2D eigenvalue weighted by Crippen LogP contribution is -2.46. The maximum absolute atomic E-state index is 13.7. The molecule has 1 aromatic rings. The number of nitrogens with one attached hydrogen (secondary N) is 1. The molecule has 0 radical (unpaired) electrons. The normalized spacial score (nSPS) is 23.4. The molecule has 1 aliphatic heterocycles. The van der Waals surface area contributed by atoms with Crippen LogP contribution in [-0.4, -0.2) is 32.5 Å². The van der Waals surface area contributed by atoms with Gasteiger partial charge < -0.3 is 5.32 Å². The fourth-order valence-corrected chi connectivity index (χ4v) is 4.96. The topological polar surface area (TPSA) is 46.2 Å². The van der Waals surface area contributed by atoms with E-state index in [1.807, 2.05) is 0 Å². The fourth-order valence-electron chi connectivity index (χ4n) is 2.79. The van der Waals surface area contributed by atoms with Crippen LogP contribution < -0.4 is 5.32 Å². The van der Waals surface area contributed by atoms with E-state index < -0.39 is 32.8 Å². The van der Waals surface area contributed by atoms with Crippen LogP contribution in [-0.2, 0) is 16.3 Å². The molecule has 112 valence electrons. The predicted octanol–water partition coefficient (Wildman–Crippen LogP) is 2.06. The SMILES string of the molecule is CNC(Cc1cccc(F)c1F)C1CCCCS1(=O)=O. The largest absolute Gasteiger partial charge is 0.315 e. The summed E-state index contributed by atoms with van der Waals surface area (Å²) in [4.78, 5) is 0. The number of sulfone groups is 1. The van der Waals surface area contributed by atoms with E-state index in [9.17, 15) is 17.2 Å². The van der Waals surface area contributed by atoms with E-state index in [2.05, 4.69) is 5.32 Å². The van der Waals surface area contributed by atoms with E-state index in [0.717, 1.165) is 12.5 Å². The molecule has 0 aromatic heterocycles. The number of halogens is 2. The molecule has 1 aromatic carbocycles. The molecule has 0 spiro atoms. The summed E-state index contributed by atoms with van der Waals surface area (Å²) in [7, 11) is -1.50. The van der Waals surface area contributed by atoms with Crippen LogP contribution >= 0.6 is 0 Å². The van der Waals surface area contributed by atoms with Crippen molar-refractivity contribution in [2.24, 2.45) is 0 Å². The van der Waals surface area contributed by atoms with Crippen LogP contribution in [0, 0.1) is 11.6 Å². The van der Waals surface area contributed by atoms with E-state index in [-0.39, 0.29) is 17.7 Å². The molecular weight excluding hydrogens is 284 g/mol. The van der Waals surface area contributed by atoms with Crippen molar-refractivity contribution in [1.82, 2.24) is 5.32 Å². The van der Waals surface area contributed by atoms with Gasteiger partial charge in [-0.15, -0.1) is 0 Å². The summed E-state index contributed by atoms with van der Waals surface area (Å²) in [6, 6.07) is 3.61. The van der Waals surface area contributed by atoms with Crippen LogP contribution in [0.2, 0.25) is 0 Å². The van der Waals surface area contributed by atoms with E-state index in [1.54, 1.807) is 7.05 Å². The van der Waals surface area contributed by atoms with Crippen molar-refractivity contribution < 1.29 is 17.2 Å². The van der Waals surface area contributed by atoms with Crippen molar-refractivity contribution in [2.45, 2.75) is 37.0 Å². The average molecular weight is 303 g/mol. The molecule has 6 heteroatoms. The molecule has 0 aliphatic carbocycles. The Kier molecular flexibility index (Phi) is 4.75. The summed E-state index contributed by atoms with van der Waals surface area (Å²) < 4.78 is 51.2. The Morgan fingerprint density at radius 3 is 2.75 bits per heavy atom. The van der Waals surface area contributed by atoms with Gasteiger partial charge >= 0.3 is 0 Å². The first-order chi connectivity index (χ1) is 9.45. The third kappa shape index (κ3) is 3.17. The number of likely N-dealkylation sites (N-methyl/N-ethyl adjacent to an activating group) is 1. The zero-order chi connectivity index (χ0) is 14.8. The second-order valence-electron chi connectivity index (χ2n) is 5.21. The molecule has 1 N–H and O–H groups in total. The monoisotopic (exact) mass is 303 g/mol. The maximum atomic E-state index is 13.7. The molecule has 1 saturated heterocycles. The van der Waals surface area contributed by atoms with Crippen LogP contribution in [0.15, 0.2) is 18.2 Å². The predicted molar refractivity (Wildman–Crippen MR) is 74.3 cm³/mol. The molecule has 1 aliphatic rings. The maximum Gasteiger partial charge on any atom is 0.162 e. The van der Waals surface area contributed by atoms with Crippen molar-refractivity contribution in [3.05, 3.63) is 35.4 Å². The average Bonchev–Trinajstić information content (AvgIpc) is 2.41. The summed E-state index contributed by atoms with van der Waals surface area (Å²) in [5.74, 6) is -1.61. The van der Waals surface area contributed by atoms with Gasteiger partial charge in [0, 0.05) is 6.04 Å². The molecular formula is C14H19F2NO2S. The third-order valence-corrected chi connectivity index (χ3v) is 6.26. The van der Waals surface area contributed by atoms with Gasteiger partial charge in [0.2, 0.25) is 0 Å². The highest BCUT2D eigenvalue weighted by atomic mass is 32.2. The van der Waals surface area contributed by atoms with Crippen molar-refractivity contribution >= 4 is 9.84 Å². The molecule has 2 atom stereocenters. The first-order valence-electron chi connectivity index (χ1n) is 6.77. The molecule has 1 heterocycles. The zero-order valence-corrected chi connectivity index (χ0v) is 12.2. The van der Waals surface area contributed by atoms with Crippen molar-refractivity contribution in [3.63, 3.8) is 0 Å². The smallest absolute Gasteiger partial charge is 0.162 e. The Hall–Kier alpha value is -1.01. The summed E-state index contributed by atoms with van der Waals surface area (Å²) in [6.07, 6.45) is 2.28. The van der Waals surface area contributed by atoms with Crippen LogP contribution in [0.25, 0.3) is 0 Å². The van der Waals surface area contributed by atoms with Gasteiger partial charge in [0.05, 0.1) is 11.0 Å². The Morgan fingerprint density at radius 2 is 2.10 bits per heavy atom. The second kappa shape index (κ2) is 6.18. The van der Waals surface area contributed by atoms with Crippen molar-refractivity contribution in [3.8, 4) is 0 Å². The Labute approximate surface area is 118 Å². The molecule has 0 saturated carbocycles. The molecule has 0 amide bonds. The third-order valence-electron chi connectivity index (χ3n) is 3.92.